The van der Waals surface area contributed by atoms with Crippen LogP contribution in [-0.4, -0.2) is 26.1 Å². The summed E-state index contributed by atoms with van der Waals surface area (Å²) in [5.41, 5.74) is 7.91. The van der Waals surface area contributed by atoms with Crippen LogP contribution in [0.25, 0.3) is 5.65 Å². The van der Waals surface area contributed by atoms with E-state index >= 15 is 0 Å². The molecule has 1 N–H and O–H groups in total. The molecule has 3 aromatic heterocycles. The van der Waals surface area contributed by atoms with Crippen LogP contribution < -0.4 is 5.43 Å². The third-order valence-electron chi connectivity index (χ3n) is 4.45. The highest BCUT2D eigenvalue weighted by molar-refractivity contribution is 5.95. The maximum atomic E-state index is 12.5. The van der Waals surface area contributed by atoms with Crippen LogP contribution in [0.3, 0.4) is 0 Å². The van der Waals surface area contributed by atoms with E-state index in [4.69, 9.17) is 0 Å². The zero-order valence-electron chi connectivity index (χ0n) is 15.9. The van der Waals surface area contributed by atoms with Gasteiger partial charge in [0.15, 0.2) is 0 Å². The van der Waals surface area contributed by atoms with Crippen molar-refractivity contribution < 1.29 is 4.79 Å². The van der Waals surface area contributed by atoms with Gasteiger partial charge in [0.25, 0.3) is 5.91 Å². The number of aromatic nitrogens is 3. The minimum atomic E-state index is -0.270. The zero-order valence-corrected chi connectivity index (χ0v) is 15.9. The maximum Gasteiger partial charge on any atom is 0.290 e. The van der Waals surface area contributed by atoms with Crippen molar-refractivity contribution in [2.45, 2.75) is 41.2 Å². The molecular formula is C20H25N5O. The van der Waals surface area contributed by atoms with Crippen LogP contribution in [0.5, 0.6) is 0 Å². The quantitative estimate of drug-likeness (QED) is 0.565. The van der Waals surface area contributed by atoms with Crippen molar-refractivity contribution in [2.75, 3.05) is 0 Å². The molecule has 0 aliphatic rings. The number of amides is 1. The van der Waals surface area contributed by atoms with Gasteiger partial charge in [0, 0.05) is 29.7 Å². The lowest BCUT2D eigenvalue weighted by Crippen LogP contribution is -2.20. The van der Waals surface area contributed by atoms with Gasteiger partial charge in [-0.2, -0.15) is 5.10 Å². The molecule has 3 rings (SSSR count). The number of hydrazone groups is 1. The summed E-state index contributed by atoms with van der Waals surface area (Å²) < 4.78 is 4.05. The lowest BCUT2D eigenvalue weighted by Gasteiger charge is -2.11. The van der Waals surface area contributed by atoms with Crippen molar-refractivity contribution >= 4 is 17.8 Å². The average molecular weight is 351 g/mol. The van der Waals surface area contributed by atoms with Crippen molar-refractivity contribution in [1.29, 1.82) is 0 Å². The Labute approximate surface area is 153 Å². The number of hydrogen-bond donors (Lipinski definition) is 1. The number of hydrogen-bond acceptors (Lipinski definition) is 3. The van der Waals surface area contributed by atoms with Crippen LogP contribution in [0.15, 0.2) is 35.6 Å². The number of carbonyl (C=O) groups excluding carboxylic acids is 1. The zero-order chi connectivity index (χ0) is 18.8. The summed E-state index contributed by atoms with van der Waals surface area (Å²) in [6, 6.07) is 7.73. The molecule has 3 aromatic rings. The van der Waals surface area contributed by atoms with E-state index in [9.17, 15) is 4.79 Å². The van der Waals surface area contributed by atoms with E-state index in [1.54, 1.807) is 10.6 Å². The molecule has 0 unspecified atom stereocenters. The third kappa shape index (κ3) is 3.40. The topological polar surface area (TPSA) is 63.7 Å². The molecular weight excluding hydrogens is 326 g/mol. The Hall–Kier alpha value is -2.89. The average Bonchev–Trinajstić information content (AvgIpc) is 3.05. The van der Waals surface area contributed by atoms with Gasteiger partial charge in [0.05, 0.1) is 11.9 Å². The van der Waals surface area contributed by atoms with Gasteiger partial charge in [-0.3, -0.25) is 9.20 Å². The van der Waals surface area contributed by atoms with Crippen LogP contribution in [0.1, 0.15) is 47.0 Å². The number of pyridine rings is 1. The Balaban J connectivity index is 1.78. The highest BCUT2D eigenvalue weighted by atomic mass is 16.2. The fraction of sp³-hybridized carbons (Fsp3) is 0.350. The number of carbonyl (C=O) groups is 1. The first-order valence-corrected chi connectivity index (χ1v) is 8.82. The molecule has 0 fully saturated rings. The Bertz CT molecular complexity index is 978. The van der Waals surface area contributed by atoms with Crippen LogP contribution >= 0.6 is 0 Å². The van der Waals surface area contributed by atoms with Crippen LogP contribution in [0.4, 0.5) is 0 Å². The monoisotopic (exact) mass is 351 g/mol. The van der Waals surface area contributed by atoms with Gasteiger partial charge in [0.2, 0.25) is 0 Å². The number of imidazole rings is 1. The van der Waals surface area contributed by atoms with Gasteiger partial charge in [-0.05, 0) is 44.9 Å². The summed E-state index contributed by atoms with van der Waals surface area (Å²) in [5, 5.41) is 4.16. The molecule has 0 aliphatic heterocycles. The Kier molecular flexibility index (Phi) is 4.93. The number of aryl methyl sites for hydroxylation is 2. The van der Waals surface area contributed by atoms with E-state index in [-0.39, 0.29) is 5.91 Å². The van der Waals surface area contributed by atoms with Crippen molar-refractivity contribution in [1.82, 2.24) is 19.4 Å². The molecule has 1 amide bonds. The molecule has 0 radical (unpaired) electrons. The predicted molar refractivity (Wildman–Crippen MR) is 104 cm³/mol. The summed E-state index contributed by atoms with van der Waals surface area (Å²) in [5.74, 6) is 0.302. The Morgan fingerprint density at radius 2 is 2.08 bits per heavy atom. The maximum absolute atomic E-state index is 12.5. The van der Waals surface area contributed by atoms with Crippen LogP contribution in [0, 0.1) is 26.7 Å². The highest BCUT2D eigenvalue weighted by Gasteiger charge is 2.15. The van der Waals surface area contributed by atoms with Crippen molar-refractivity contribution in [3.05, 3.63) is 58.8 Å². The molecule has 0 atom stereocenters. The normalized spacial score (nSPS) is 11.8. The van der Waals surface area contributed by atoms with E-state index in [1.807, 2.05) is 31.3 Å². The molecule has 0 saturated heterocycles. The highest BCUT2D eigenvalue weighted by Crippen LogP contribution is 2.15. The van der Waals surface area contributed by atoms with E-state index in [2.05, 4.69) is 53.8 Å². The van der Waals surface area contributed by atoms with Gasteiger partial charge in [-0.15, -0.1) is 0 Å². The summed E-state index contributed by atoms with van der Waals surface area (Å²) >= 11 is 0. The fourth-order valence-electron chi connectivity index (χ4n) is 3.20. The summed E-state index contributed by atoms with van der Waals surface area (Å²) in [7, 11) is 0. The molecule has 0 bridgehead atoms. The van der Waals surface area contributed by atoms with E-state index in [0.29, 0.717) is 17.3 Å². The van der Waals surface area contributed by atoms with Crippen molar-refractivity contribution in [2.24, 2.45) is 11.0 Å². The van der Waals surface area contributed by atoms with Gasteiger partial charge in [0.1, 0.15) is 11.3 Å². The lowest BCUT2D eigenvalue weighted by molar-refractivity contribution is 0.0948. The Morgan fingerprint density at radius 1 is 1.31 bits per heavy atom. The first kappa shape index (κ1) is 17.9. The molecule has 6 heteroatoms. The number of rotatable bonds is 5. The molecule has 6 nitrogen and oxygen atoms in total. The first-order valence-electron chi connectivity index (χ1n) is 8.82. The Morgan fingerprint density at radius 3 is 2.81 bits per heavy atom. The fourth-order valence-corrected chi connectivity index (χ4v) is 3.20. The number of nitrogens with one attached hydrogen (secondary N) is 1. The molecule has 0 saturated carbocycles. The molecule has 3 heterocycles. The number of nitrogens with zero attached hydrogens (tertiary/aromatic N) is 4. The summed E-state index contributed by atoms with van der Waals surface area (Å²) in [6.45, 7) is 11.4. The van der Waals surface area contributed by atoms with E-state index in [1.165, 1.54) is 5.69 Å². The van der Waals surface area contributed by atoms with E-state index < -0.39 is 0 Å². The summed E-state index contributed by atoms with van der Waals surface area (Å²) in [6.07, 6.45) is 3.53. The van der Waals surface area contributed by atoms with Crippen molar-refractivity contribution in [3.63, 3.8) is 0 Å². The lowest BCUT2D eigenvalue weighted by atomic mass is 10.2. The van der Waals surface area contributed by atoms with Crippen LogP contribution in [0.2, 0.25) is 0 Å². The second-order valence-corrected chi connectivity index (χ2v) is 7.00. The SMILES string of the molecule is Cc1nc2ccccn2c1C(=O)N/N=C/c1cc(C)n(CC(C)C)c1C. The van der Waals surface area contributed by atoms with E-state index in [0.717, 1.165) is 23.4 Å². The molecule has 0 spiro atoms. The first-order chi connectivity index (χ1) is 12.4. The largest absolute Gasteiger partial charge is 0.348 e. The second-order valence-electron chi connectivity index (χ2n) is 7.00. The van der Waals surface area contributed by atoms with Gasteiger partial charge < -0.3 is 4.57 Å². The minimum absolute atomic E-state index is 0.270. The smallest absolute Gasteiger partial charge is 0.290 e. The second kappa shape index (κ2) is 7.15. The molecule has 136 valence electrons. The van der Waals surface area contributed by atoms with Crippen molar-refractivity contribution in [3.8, 4) is 0 Å². The standard InChI is InChI=1S/C20H25N5O/c1-13(2)12-25-14(3)10-17(16(25)5)11-21-23-20(26)19-15(4)22-18-8-6-7-9-24(18)19/h6-11,13H,12H2,1-5H3,(H,23,26)/b21-11+. The molecule has 0 aromatic carbocycles. The van der Waals surface area contributed by atoms with Gasteiger partial charge in [-0.1, -0.05) is 19.9 Å². The van der Waals surface area contributed by atoms with Crippen LogP contribution in [-0.2, 0) is 6.54 Å². The van der Waals surface area contributed by atoms with Gasteiger partial charge >= 0.3 is 0 Å². The molecule has 0 aliphatic carbocycles. The predicted octanol–water partition coefficient (Wildman–Crippen LogP) is 3.48. The third-order valence-corrected chi connectivity index (χ3v) is 4.45. The minimum Gasteiger partial charge on any atom is -0.348 e. The van der Waals surface area contributed by atoms with Gasteiger partial charge in [-0.25, -0.2) is 10.4 Å². The molecule has 26 heavy (non-hydrogen) atoms. The number of fused-ring (bicyclic) bond motifs is 1. The summed E-state index contributed by atoms with van der Waals surface area (Å²) in [4.78, 5) is 16.9.